The Balaban J connectivity index is 1.80. The summed E-state index contributed by atoms with van der Waals surface area (Å²) in [6.07, 6.45) is 5.77. The number of piperidine rings is 1. The molecule has 0 saturated carbocycles. The Morgan fingerprint density at radius 1 is 1.29 bits per heavy atom. The molecule has 17 heavy (non-hydrogen) atoms. The van der Waals surface area contributed by atoms with Crippen molar-refractivity contribution in [2.24, 2.45) is 0 Å². The van der Waals surface area contributed by atoms with Gasteiger partial charge in [0.2, 0.25) is 0 Å². The molecule has 3 heterocycles. The lowest BCUT2D eigenvalue weighted by Crippen LogP contribution is -2.29. The largest absolute Gasteiger partial charge is 0.339 e. The Labute approximate surface area is 109 Å². The average Bonchev–Trinajstić information content (AvgIpc) is 2.71. The molecule has 2 aromatic rings. The van der Waals surface area contributed by atoms with Gasteiger partial charge in [0, 0.05) is 10.7 Å². The second-order valence-electron chi connectivity index (χ2n) is 4.55. The van der Waals surface area contributed by atoms with Crippen LogP contribution in [0.3, 0.4) is 0 Å². The number of nitrogens with one attached hydrogen (secondary N) is 1. The molecule has 0 radical (unpaired) electrons. The molecule has 2 aromatic heterocycles. The van der Waals surface area contributed by atoms with E-state index in [1.54, 1.807) is 6.20 Å². The smallest absolute Gasteiger partial charge is 0.177 e. The molecule has 5 heteroatoms. The van der Waals surface area contributed by atoms with E-state index in [0.29, 0.717) is 0 Å². The van der Waals surface area contributed by atoms with E-state index >= 15 is 0 Å². The zero-order chi connectivity index (χ0) is 11.7. The molecule has 0 spiro atoms. The molecule has 4 nitrogen and oxygen atoms in total. The van der Waals surface area contributed by atoms with Crippen LogP contribution in [-0.4, -0.2) is 32.9 Å². The van der Waals surface area contributed by atoms with Crippen LogP contribution in [0.25, 0.3) is 11.2 Å². The fourth-order valence-electron chi connectivity index (χ4n) is 2.33. The van der Waals surface area contributed by atoms with Gasteiger partial charge < -0.3 is 4.98 Å². The summed E-state index contributed by atoms with van der Waals surface area (Å²) < 4.78 is 0.984. The summed E-state index contributed by atoms with van der Waals surface area (Å²) in [6, 6.07) is 2.02. The fraction of sp³-hybridized carbons (Fsp3) is 0.500. The van der Waals surface area contributed by atoms with Gasteiger partial charge in [-0.15, -0.1) is 0 Å². The Bertz CT molecular complexity index is 516. The summed E-state index contributed by atoms with van der Waals surface area (Å²) in [5.74, 6) is 1.02. The predicted octanol–water partition coefficient (Wildman–Crippen LogP) is 2.71. The number of rotatable bonds is 2. The average molecular weight is 295 g/mol. The number of halogens is 1. The summed E-state index contributed by atoms with van der Waals surface area (Å²) in [4.78, 5) is 14.6. The Hall–Kier alpha value is -0.940. The molecule has 0 atom stereocenters. The third kappa shape index (κ3) is 2.50. The molecule has 0 amide bonds. The molecule has 90 valence electrons. The fourth-order valence-corrected chi connectivity index (χ4v) is 2.66. The molecule has 0 aromatic carbocycles. The molecular formula is C12H15BrN4. The van der Waals surface area contributed by atoms with Crippen molar-refractivity contribution in [2.75, 3.05) is 13.1 Å². The number of aromatic nitrogens is 3. The minimum absolute atomic E-state index is 0.806. The van der Waals surface area contributed by atoms with Crippen LogP contribution in [0.1, 0.15) is 25.1 Å². The van der Waals surface area contributed by atoms with Crippen LogP contribution in [0.15, 0.2) is 16.7 Å². The SMILES string of the molecule is Brc1cnc2nc(CN3CCCCC3)[nH]c2c1. The maximum absolute atomic E-state index is 4.52. The van der Waals surface area contributed by atoms with E-state index in [2.05, 4.69) is 35.8 Å². The number of hydrogen-bond donors (Lipinski definition) is 1. The normalized spacial score (nSPS) is 17.7. The van der Waals surface area contributed by atoms with Crippen LogP contribution in [0.2, 0.25) is 0 Å². The first-order valence-electron chi connectivity index (χ1n) is 6.04. The number of H-pyrrole nitrogens is 1. The monoisotopic (exact) mass is 294 g/mol. The van der Waals surface area contributed by atoms with Gasteiger partial charge in [0.1, 0.15) is 5.82 Å². The van der Waals surface area contributed by atoms with Crippen LogP contribution in [-0.2, 0) is 6.54 Å². The lowest BCUT2D eigenvalue weighted by Gasteiger charge is -2.25. The van der Waals surface area contributed by atoms with Gasteiger partial charge in [-0.05, 0) is 47.9 Å². The molecule has 3 rings (SSSR count). The van der Waals surface area contributed by atoms with Crippen molar-refractivity contribution in [3.63, 3.8) is 0 Å². The van der Waals surface area contributed by atoms with Crippen molar-refractivity contribution in [3.05, 3.63) is 22.6 Å². The van der Waals surface area contributed by atoms with Gasteiger partial charge in [0.15, 0.2) is 5.65 Å². The molecule has 1 aliphatic heterocycles. The molecule has 1 aliphatic rings. The standard InChI is InChI=1S/C12H15BrN4/c13-9-6-10-12(14-7-9)16-11(15-10)8-17-4-2-1-3-5-17/h6-7H,1-5,8H2,(H,14,15,16). The highest BCUT2D eigenvalue weighted by molar-refractivity contribution is 9.10. The van der Waals surface area contributed by atoms with Crippen LogP contribution >= 0.6 is 15.9 Å². The minimum Gasteiger partial charge on any atom is -0.339 e. The van der Waals surface area contributed by atoms with Crippen molar-refractivity contribution in [2.45, 2.75) is 25.8 Å². The van der Waals surface area contributed by atoms with Crippen LogP contribution in [0.4, 0.5) is 0 Å². The molecule has 0 unspecified atom stereocenters. The Morgan fingerprint density at radius 3 is 2.94 bits per heavy atom. The van der Waals surface area contributed by atoms with Crippen molar-refractivity contribution < 1.29 is 0 Å². The van der Waals surface area contributed by atoms with Gasteiger partial charge in [-0.2, -0.15) is 0 Å². The first kappa shape index (κ1) is 11.2. The van der Waals surface area contributed by atoms with Crippen LogP contribution in [0, 0.1) is 0 Å². The minimum atomic E-state index is 0.806. The van der Waals surface area contributed by atoms with Crippen molar-refractivity contribution in [3.8, 4) is 0 Å². The number of nitrogens with zero attached hydrogens (tertiary/aromatic N) is 3. The Kier molecular flexibility index (Phi) is 3.11. The van der Waals surface area contributed by atoms with Crippen molar-refractivity contribution >= 4 is 27.1 Å². The van der Waals surface area contributed by atoms with Gasteiger partial charge in [0.25, 0.3) is 0 Å². The molecule has 1 saturated heterocycles. The highest BCUT2D eigenvalue weighted by Crippen LogP contribution is 2.17. The maximum atomic E-state index is 4.52. The zero-order valence-corrected chi connectivity index (χ0v) is 11.2. The second-order valence-corrected chi connectivity index (χ2v) is 5.46. The zero-order valence-electron chi connectivity index (χ0n) is 9.62. The van der Waals surface area contributed by atoms with Crippen molar-refractivity contribution in [1.82, 2.24) is 19.9 Å². The molecule has 0 aliphatic carbocycles. The molecule has 0 bridgehead atoms. The van der Waals surface area contributed by atoms with Crippen LogP contribution in [0.5, 0.6) is 0 Å². The van der Waals surface area contributed by atoms with Gasteiger partial charge in [-0.1, -0.05) is 6.42 Å². The number of pyridine rings is 1. The van der Waals surface area contributed by atoms with Gasteiger partial charge in [-0.25, -0.2) is 9.97 Å². The van der Waals surface area contributed by atoms with E-state index in [9.17, 15) is 0 Å². The predicted molar refractivity (Wildman–Crippen MR) is 70.7 cm³/mol. The lowest BCUT2D eigenvalue weighted by atomic mass is 10.1. The lowest BCUT2D eigenvalue weighted by molar-refractivity contribution is 0.216. The summed E-state index contributed by atoms with van der Waals surface area (Å²) in [5, 5.41) is 0. The van der Waals surface area contributed by atoms with Crippen LogP contribution < -0.4 is 0 Å². The van der Waals surface area contributed by atoms with E-state index < -0.39 is 0 Å². The topological polar surface area (TPSA) is 44.8 Å². The van der Waals surface area contributed by atoms with E-state index in [-0.39, 0.29) is 0 Å². The third-order valence-corrected chi connectivity index (χ3v) is 3.61. The molecule has 1 fully saturated rings. The first-order chi connectivity index (χ1) is 8.31. The van der Waals surface area contributed by atoms with Crippen molar-refractivity contribution in [1.29, 1.82) is 0 Å². The highest BCUT2D eigenvalue weighted by atomic mass is 79.9. The summed E-state index contributed by atoms with van der Waals surface area (Å²) in [5.41, 5.74) is 1.81. The number of aromatic amines is 1. The number of imidazole rings is 1. The van der Waals surface area contributed by atoms with E-state index in [0.717, 1.165) is 28.0 Å². The molecular weight excluding hydrogens is 280 g/mol. The third-order valence-electron chi connectivity index (χ3n) is 3.18. The van der Waals surface area contributed by atoms with Gasteiger partial charge in [-0.3, -0.25) is 4.90 Å². The van der Waals surface area contributed by atoms with E-state index in [4.69, 9.17) is 0 Å². The van der Waals surface area contributed by atoms with Gasteiger partial charge in [0.05, 0.1) is 12.1 Å². The van der Waals surface area contributed by atoms with E-state index in [1.165, 1.54) is 32.4 Å². The maximum Gasteiger partial charge on any atom is 0.177 e. The summed E-state index contributed by atoms with van der Waals surface area (Å²) in [7, 11) is 0. The highest BCUT2D eigenvalue weighted by Gasteiger charge is 2.12. The first-order valence-corrected chi connectivity index (χ1v) is 6.83. The van der Waals surface area contributed by atoms with Gasteiger partial charge >= 0.3 is 0 Å². The number of fused-ring (bicyclic) bond motifs is 1. The number of hydrogen-bond acceptors (Lipinski definition) is 3. The Morgan fingerprint density at radius 2 is 2.12 bits per heavy atom. The van der Waals surface area contributed by atoms with E-state index in [1.807, 2.05) is 6.07 Å². The summed E-state index contributed by atoms with van der Waals surface area (Å²) in [6.45, 7) is 3.29. The second kappa shape index (κ2) is 4.74. The summed E-state index contributed by atoms with van der Waals surface area (Å²) >= 11 is 3.42. The molecule has 1 N–H and O–H groups in total. The quantitative estimate of drug-likeness (QED) is 0.926. The number of likely N-dealkylation sites (tertiary alicyclic amines) is 1.